The molecule has 1 aromatic carbocycles. The Bertz CT molecular complexity index is 1180. The van der Waals surface area contributed by atoms with E-state index in [-0.39, 0.29) is 5.91 Å². The van der Waals surface area contributed by atoms with E-state index in [9.17, 15) is 4.79 Å². The third-order valence-electron chi connectivity index (χ3n) is 4.95. The second kappa shape index (κ2) is 8.67. The number of carbonyl (C=O) groups excluding carboxylic acids is 1. The van der Waals surface area contributed by atoms with E-state index in [0.29, 0.717) is 23.7 Å². The van der Waals surface area contributed by atoms with E-state index < -0.39 is 0 Å². The number of aryl methyl sites for hydroxylation is 3. The maximum absolute atomic E-state index is 13.0. The summed E-state index contributed by atoms with van der Waals surface area (Å²) in [5.74, 6) is -0.118. The van der Waals surface area contributed by atoms with Crippen LogP contribution in [0.2, 0.25) is 5.02 Å². The molecule has 30 heavy (non-hydrogen) atoms. The molecule has 0 aliphatic carbocycles. The van der Waals surface area contributed by atoms with Crippen molar-refractivity contribution >= 4 is 28.4 Å². The van der Waals surface area contributed by atoms with E-state index in [2.05, 4.69) is 15.5 Å². The Morgan fingerprint density at radius 1 is 1.20 bits per heavy atom. The van der Waals surface area contributed by atoms with E-state index in [0.717, 1.165) is 40.8 Å². The van der Waals surface area contributed by atoms with Crippen molar-refractivity contribution in [3.05, 3.63) is 65.2 Å². The fraction of sp³-hybridized carbons (Fsp3) is 0.273. The number of amides is 1. The van der Waals surface area contributed by atoms with Gasteiger partial charge in [-0.25, -0.2) is 4.98 Å². The maximum Gasteiger partial charge on any atom is 0.252 e. The first-order valence-electron chi connectivity index (χ1n) is 9.95. The third-order valence-corrected chi connectivity index (χ3v) is 5.32. The summed E-state index contributed by atoms with van der Waals surface area (Å²) in [4.78, 5) is 17.7. The first kappa shape index (κ1) is 20.1. The Morgan fingerprint density at radius 2 is 2.03 bits per heavy atom. The highest BCUT2D eigenvalue weighted by Gasteiger charge is 2.14. The number of hydrogen-bond acceptors (Lipinski definition) is 4. The van der Waals surface area contributed by atoms with E-state index in [1.807, 2.05) is 55.1 Å². The summed E-state index contributed by atoms with van der Waals surface area (Å²) in [7, 11) is 0. The summed E-state index contributed by atoms with van der Waals surface area (Å²) in [6.07, 6.45) is 6.27. The molecule has 3 heterocycles. The number of aromatic nitrogens is 5. The number of pyridine rings is 1. The van der Waals surface area contributed by atoms with Crippen LogP contribution in [0.3, 0.4) is 0 Å². The van der Waals surface area contributed by atoms with Crippen LogP contribution in [0.5, 0.6) is 0 Å². The van der Waals surface area contributed by atoms with Gasteiger partial charge in [-0.2, -0.15) is 10.2 Å². The van der Waals surface area contributed by atoms with Crippen molar-refractivity contribution in [3.8, 4) is 11.3 Å². The van der Waals surface area contributed by atoms with Gasteiger partial charge in [0, 0.05) is 43.0 Å². The lowest BCUT2D eigenvalue weighted by Crippen LogP contribution is -2.25. The zero-order valence-corrected chi connectivity index (χ0v) is 17.7. The van der Waals surface area contributed by atoms with Crippen LogP contribution in [-0.4, -0.2) is 37.0 Å². The van der Waals surface area contributed by atoms with Crippen molar-refractivity contribution in [2.75, 3.05) is 6.54 Å². The van der Waals surface area contributed by atoms with Crippen LogP contribution >= 0.6 is 11.6 Å². The van der Waals surface area contributed by atoms with Crippen molar-refractivity contribution in [2.45, 2.75) is 33.4 Å². The van der Waals surface area contributed by atoms with Gasteiger partial charge in [0.1, 0.15) is 0 Å². The van der Waals surface area contributed by atoms with Crippen LogP contribution in [0.4, 0.5) is 0 Å². The first-order chi connectivity index (χ1) is 14.5. The molecule has 0 unspecified atom stereocenters. The molecule has 154 valence electrons. The molecule has 7 nitrogen and oxygen atoms in total. The Kier molecular flexibility index (Phi) is 5.81. The lowest BCUT2D eigenvalue weighted by molar-refractivity contribution is 0.0954. The number of nitrogens with one attached hydrogen (secondary N) is 1. The Hall–Kier alpha value is -3.19. The molecule has 0 saturated heterocycles. The zero-order valence-electron chi connectivity index (χ0n) is 17.0. The number of hydrogen-bond donors (Lipinski definition) is 1. The van der Waals surface area contributed by atoms with Gasteiger partial charge in [-0.05, 0) is 32.4 Å². The summed E-state index contributed by atoms with van der Waals surface area (Å²) < 4.78 is 3.64. The number of carbonyl (C=O) groups is 1. The van der Waals surface area contributed by atoms with Crippen LogP contribution in [0, 0.1) is 6.92 Å². The summed E-state index contributed by atoms with van der Waals surface area (Å²) >= 11 is 6.04. The van der Waals surface area contributed by atoms with Gasteiger partial charge in [-0.1, -0.05) is 29.8 Å². The van der Waals surface area contributed by atoms with Crippen LogP contribution in [0.15, 0.2) is 48.9 Å². The van der Waals surface area contributed by atoms with Crippen molar-refractivity contribution in [2.24, 2.45) is 0 Å². The van der Waals surface area contributed by atoms with Gasteiger partial charge in [0.05, 0.1) is 33.7 Å². The molecule has 0 fully saturated rings. The number of benzene rings is 1. The van der Waals surface area contributed by atoms with E-state index in [1.165, 1.54) is 0 Å². The van der Waals surface area contributed by atoms with Crippen LogP contribution in [-0.2, 0) is 13.1 Å². The average Bonchev–Trinajstić information content (AvgIpc) is 3.36. The quantitative estimate of drug-likeness (QED) is 0.455. The number of rotatable bonds is 7. The van der Waals surface area contributed by atoms with Crippen molar-refractivity contribution in [3.63, 3.8) is 0 Å². The van der Waals surface area contributed by atoms with Gasteiger partial charge in [-0.3, -0.25) is 14.2 Å². The van der Waals surface area contributed by atoms with E-state index in [4.69, 9.17) is 16.6 Å². The van der Waals surface area contributed by atoms with Gasteiger partial charge < -0.3 is 5.32 Å². The Morgan fingerprint density at radius 3 is 2.77 bits per heavy atom. The lowest BCUT2D eigenvalue weighted by atomic mass is 10.0. The highest BCUT2D eigenvalue weighted by Crippen LogP contribution is 2.24. The lowest BCUT2D eigenvalue weighted by Gasteiger charge is -2.10. The van der Waals surface area contributed by atoms with Gasteiger partial charge in [0.2, 0.25) is 0 Å². The fourth-order valence-corrected chi connectivity index (χ4v) is 3.48. The van der Waals surface area contributed by atoms with Gasteiger partial charge in [0.15, 0.2) is 0 Å². The molecule has 4 rings (SSSR count). The smallest absolute Gasteiger partial charge is 0.252 e. The molecule has 0 aliphatic rings. The minimum atomic E-state index is -0.118. The molecule has 1 amide bonds. The predicted molar refractivity (Wildman–Crippen MR) is 118 cm³/mol. The van der Waals surface area contributed by atoms with Crippen LogP contribution in [0.1, 0.15) is 29.4 Å². The monoisotopic (exact) mass is 422 g/mol. The molecule has 3 aromatic heterocycles. The molecule has 0 radical (unpaired) electrons. The molecular formula is C22H23ClN6O. The molecule has 0 bridgehead atoms. The summed E-state index contributed by atoms with van der Waals surface area (Å²) in [5, 5.41) is 13.2. The largest absolute Gasteiger partial charge is 0.352 e. The summed E-state index contributed by atoms with van der Waals surface area (Å²) in [6, 6.07) is 9.52. The molecular weight excluding hydrogens is 400 g/mol. The maximum atomic E-state index is 13.0. The Labute approximate surface area is 179 Å². The van der Waals surface area contributed by atoms with Crippen molar-refractivity contribution < 1.29 is 4.79 Å². The molecule has 8 heteroatoms. The van der Waals surface area contributed by atoms with Crippen LogP contribution < -0.4 is 5.32 Å². The van der Waals surface area contributed by atoms with Gasteiger partial charge >= 0.3 is 0 Å². The molecule has 0 spiro atoms. The van der Waals surface area contributed by atoms with E-state index >= 15 is 0 Å². The number of fused-ring (bicyclic) bond motifs is 1. The van der Waals surface area contributed by atoms with Gasteiger partial charge in [0.25, 0.3) is 5.91 Å². The first-order valence-corrected chi connectivity index (χ1v) is 10.3. The topological polar surface area (TPSA) is 77.6 Å². The minimum absolute atomic E-state index is 0.118. The van der Waals surface area contributed by atoms with E-state index in [1.54, 1.807) is 17.1 Å². The highest BCUT2D eigenvalue weighted by atomic mass is 35.5. The third kappa shape index (κ3) is 4.21. The molecule has 0 saturated carbocycles. The number of halogens is 1. The predicted octanol–water partition coefficient (Wildman–Crippen LogP) is 4.10. The fourth-order valence-electron chi connectivity index (χ4n) is 3.33. The Balaban J connectivity index is 1.52. The second-order valence-corrected chi connectivity index (χ2v) is 7.50. The molecule has 0 atom stereocenters. The number of para-hydroxylation sites is 1. The molecule has 0 aliphatic heterocycles. The van der Waals surface area contributed by atoms with Crippen LogP contribution in [0.25, 0.3) is 22.2 Å². The highest BCUT2D eigenvalue weighted by molar-refractivity contribution is 6.31. The van der Waals surface area contributed by atoms with Crippen molar-refractivity contribution in [1.29, 1.82) is 0 Å². The number of nitrogens with zero attached hydrogens (tertiary/aromatic N) is 5. The average molecular weight is 423 g/mol. The second-order valence-electron chi connectivity index (χ2n) is 7.09. The zero-order chi connectivity index (χ0) is 21.1. The molecule has 4 aromatic rings. The standard InChI is InChI=1S/C22H23ClN6O/c1-3-28-13-16(12-25-28)21-11-18(17-7-4-5-8-20(17)26-21)22(30)24-9-6-10-29-14-19(23)15(2)27-29/h4-5,7-8,11-14H,3,6,9-10H2,1-2H3,(H,24,30). The molecule has 1 N–H and O–H groups in total. The SMILES string of the molecule is CCn1cc(-c2cc(C(=O)NCCCn3cc(Cl)c(C)n3)c3ccccc3n2)cn1. The minimum Gasteiger partial charge on any atom is -0.352 e. The normalized spacial score (nSPS) is 11.2. The summed E-state index contributed by atoms with van der Waals surface area (Å²) in [6.45, 7) is 5.91. The summed E-state index contributed by atoms with van der Waals surface area (Å²) in [5.41, 5.74) is 3.83. The van der Waals surface area contributed by atoms with Crippen molar-refractivity contribution in [1.82, 2.24) is 29.9 Å². The van der Waals surface area contributed by atoms with Gasteiger partial charge in [-0.15, -0.1) is 0 Å².